The zero-order chi connectivity index (χ0) is 9.84. The van der Waals surface area contributed by atoms with Crippen LogP contribution in [0.2, 0.25) is 0 Å². The molecule has 0 heterocycles. The molecule has 3 heteroatoms. The second-order valence-electron chi connectivity index (χ2n) is 2.90. The molecule has 0 amide bonds. The van der Waals surface area contributed by atoms with Crippen LogP contribution in [-0.2, 0) is 16.0 Å². The molecule has 1 aromatic rings. The minimum atomic E-state index is -0.406. The van der Waals surface area contributed by atoms with Crippen molar-refractivity contribution in [1.29, 1.82) is 0 Å². The molecule has 0 aromatic heterocycles. The molecule has 1 rings (SSSR count). The molecule has 68 valence electrons. The van der Waals surface area contributed by atoms with Crippen molar-refractivity contribution in [3.8, 4) is 0 Å². The summed E-state index contributed by atoms with van der Waals surface area (Å²) < 4.78 is 0. The number of carbonyl (C=O) groups is 2. The van der Waals surface area contributed by atoms with E-state index in [-0.39, 0.29) is 12.2 Å². The Kier molecular flexibility index (Phi) is 2.80. The van der Waals surface area contributed by atoms with Crippen LogP contribution in [0.3, 0.4) is 0 Å². The Morgan fingerprint density at radius 1 is 1.23 bits per heavy atom. The van der Waals surface area contributed by atoms with Crippen molar-refractivity contribution in [2.24, 2.45) is 0 Å². The fourth-order valence-electron chi connectivity index (χ4n) is 0.945. The summed E-state index contributed by atoms with van der Waals surface area (Å²) in [6.07, 6.45) is 0.162. The second-order valence-corrected chi connectivity index (χ2v) is 2.90. The Bertz CT molecular complexity index is 327. The maximum Gasteiger partial charge on any atom is 0.202 e. The van der Waals surface area contributed by atoms with E-state index in [0.717, 1.165) is 5.56 Å². The Morgan fingerprint density at radius 3 is 2.23 bits per heavy atom. The predicted molar refractivity (Wildman–Crippen MR) is 50.2 cm³/mol. The third-order valence-corrected chi connectivity index (χ3v) is 1.74. The topological polar surface area (TPSA) is 60.2 Å². The predicted octanol–water partition coefficient (Wildman–Crippen LogP) is 0.969. The van der Waals surface area contributed by atoms with Crippen LogP contribution < -0.4 is 5.73 Å². The Balaban J connectivity index is 2.70. The van der Waals surface area contributed by atoms with Crippen LogP contribution in [0.25, 0.3) is 0 Å². The third kappa shape index (κ3) is 2.71. The van der Waals surface area contributed by atoms with E-state index in [9.17, 15) is 9.59 Å². The zero-order valence-corrected chi connectivity index (χ0v) is 7.41. The third-order valence-electron chi connectivity index (χ3n) is 1.74. The van der Waals surface area contributed by atoms with Crippen molar-refractivity contribution in [3.05, 3.63) is 29.8 Å². The summed E-state index contributed by atoms with van der Waals surface area (Å²) in [5, 5.41) is 0. The monoisotopic (exact) mass is 177 g/mol. The van der Waals surface area contributed by atoms with Gasteiger partial charge in [0.2, 0.25) is 5.78 Å². The van der Waals surface area contributed by atoms with Gasteiger partial charge >= 0.3 is 0 Å². The van der Waals surface area contributed by atoms with E-state index >= 15 is 0 Å². The number of carbonyl (C=O) groups excluding carboxylic acids is 2. The standard InChI is InChI=1S/C10H11NO2/c1-7(12)10(13)6-8-2-4-9(11)5-3-8/h2-5H,6,11H2,1H3. The first-order valence-corrected chi connectivity index (χ1v) is 3.98. The van der Waals surface area contributed by atoms with Crippen molar-refractivity contribution in [1.82, 2.24) is 0 Å². The van der Waals surface area contributed by atoms with Crippen molar-refractivity contribution in [2.45, 2.75) is 13.3 Å². The number of benzene rings is 1. The number of rotatable bonds is 3. The lowest BCUT2D eigenvalue weighted by molar-refractivity contribution is -0.134. The van der Waals surface area contributed by atoms with Crippen LogP contribution in [0.1, 0.15) is 12.5 Å². The molecule has 0 aliphatic heterocycles. The molecule has 0 fully saturated rings. The number of anilines is 1. The molecule has 0 unspecified atom stereocenters. The molecule has 2 N–H and O–H groups in total. The first kappa shape index (κ1) is 9.45. The van der Waals surface area contributed by atoms with Crippen molar-refractivity contribution in [3.63, 3.8) is 0 Å². The van der Waals surface area contributed by atoms with Gasteiger partial charge in [0, 0.05) is 19.0 Å². The van der Waals surface area contributed by atoms with Crippen molar-refractivity contribution >= 4 is 17.3 Å². The van der Waals surface area contributed by atoms with Gasteiger partial charge in [0.15, 0.2) is 5.78 Å². The van der Waals surface area contributed by atoms with E-state index in [0.29, 0.717) is 5.69 Å². The van der Waals surface area contributed by atoms with Gasteiger partial charge < -0.3 is 5.73 Å². The Hall–Kier alpha value is -1.64. The highest BCUT2D eigenvalue weighted by molar-refractivity contribution is 6.36. The minimum absolute atomic E-state index is 0.162. The van der Waals surface area contributed by atoms with E-state index in [1.54, 1.807) is 24.3 Å². The minimum Gasteiger partial charge on any atom is -0.399 e. The smallest absolute Gasteiger partial charge is 0.202 e. The number of hydrogen-bond donors (Lipinski definition) is 1. The van der Waals surface area contributed by atoms with E-state index < -0.39 is 5.78 Å². The molecule has 1 aromatic carbocycles. The molecule has 0 saturated heterocycles. The fraction of sp³-hybridized carbons (Fsp3) is 0.200. The molecule has 0 aliphatic carbocycles. The number of nitrogen functional groups attached to an aromatic ring is 1. The molecule has 0 radical (unpaired) electrons. The molecule has 0 bridgehead atoms. The van der Waals surface area contributed by atoms with Gasteiger partial charge in [-0.05, 0) is 17.7 Å². The van der Waals surface area contributed by atoms with Crippen LogP contribution in [0.4, 0.5) is 5.69 Å². The van der Waals surface area contributed by atoms with E-state index in [2.05, 4.69) is 0 Å². The van der Waals surface area contributed by atoms with Crippen LogP contribution >= 0.6 is 0 Å². The van der Waals surface area contributed by atoms with E-state index in [4.69, 9.17) is 5.73 Å². The van der Waals surface area contributed by atoms with Gasteiger partial charge in [0.1, 0.15) is 0 Å². The number of nitrogens with two attached hydrogens (primary N) is 1. The molecule has 0 saturated carbocycles. The highest BCUT2D eigenvalue weighted by Crippen LogP contribution is 2.06. The SMILES string of the molecule is CC(=O)C(=O)Cc1ccc(N)cc1. The van der Waals surface area contributed by atoms with E-state index in [1.165, 1.54) is 6.92 Å². The van der Waals surface area contributed by atoms with Crippen LogP contribution in [0, 0.1) is 0 Å². The Labute approximate surface area is 76.6 Å². The summed E-state index contributed by atoms with van der Waals surface area (Å²) >= 11 is 0. The summed E-state index contributed by atoms with van der Waals surface area (Å²) in [4.78, 5) is 21.7. The number of ketones is 2. The first-order valence-electron chi connectivity index (χ1n) is 3.98. The lowest BCUT2D eigenvalue weighted by Crippen LogP contribution is -2.12. The number of Topliss-reactive ketones (excluding diaryl/α,β-unsaturated/α-hetero) is 2. The summed E-state index contributed by atoms with van der Waals surface area (Å²) in [6, 6.07) is 6.91. The molecule has 0 atom stereocenters. The van der Waals surface area contributed by atoms with Crippen LogP contribution in [-0.4, -0.2) is 11.6 Å². The summed E-state index contributed by atoms with van der Waals surface area (Å²) in [6.45, 7) is 1.28. The largest absolute Gasteiger partial charge is 0.399 e. The summed E-state index contributed by atoms with van der Waals surface area (Å²) in [7, 11) is 0. The average Bonchev–Trinajstić information content (AvgIpc) is 2.08. The van der Waals surface area contributed by atoms with Gasteiger partial charge in [0.25, 0.3) is 0 Å². The van der Waals surface area contributed by atoms with Gasteiger partial charge in [0.05, 0.1) is 0 Å². The average molecular weight is 177 g/mol. The summed E-state index contributed by atoms with van der Waals surface area (Å²) in [5.74, 6) is -0.776. The second kappa shape index (κ2) is 3.85. The van der Waals surface area contributed by atoms with Gasteiger partial charge in [-0.3, -0.25) is 9.59 Å². The molecule has 13 heavy (non-hydrogen) atoms. The van der Waals surface area contributed by atoms with Crippen LogP contribution in [0.15, 0.2) is 24.3 Å². The molecule has 0 aliphatic rings. The molecule has 3 nitrogen and oxygen atoms in total. The van der Waals surface area contributed by atoms with Crippen molar-refractivity contribution < 1.29 is 9.59 Å². The normalized spacial score (nSPS) is 9.62. The highest BCUT2D eigenvalue weighted by atomic mass is 16.2. The van der Waals surface area contributed by atoms with Gasteiger partial charge in [-0.25, -0.2) is 0 Å². The summed E-state index contributed by atoms with van der Waals surface area (Å²) in [5.41, 5.74) is 6.93. The number of hydrogen-bond acceptors (Lipinski definition) is 3. The highest BCUT2D eigenvalue weighted by Gasteiger charge is 2.07. The maximum absolute atomic E-state index is 11.0. The lowest BCUT2D eigenvalue weighted by Gasteiger charge is -1.98. The quantitative estimate of drug-likeness (QED) is 0.552. The lowest BCUT2D eigenvalue weighted by atomic mass is 10.1. The molecular weight excluding hydrogens is 166 g/mol. The Morgan fingerprint density at radius 2 is 1.77 bits per heavy atom. The fourth-order valence-corrected chi connectivity index (χ4v) is 0.945. The van der Waals surface area contributed by atoms with Gasteiger partial charge in [-0.2, -0.15) is 0 Å². The zero-order valence-electron chi connectivity index (χ0n) is 7.41. The van der Waals surface area contributed by atoms with Crippen LogP contribution in [0.5, 0.6) is 0 Å². The molecule has 0 spiro atoms. The van der Waals surface area contributed by atoms with Crippen molar-refractivity contribution in [2.75, 3.05) is 5.73 Å². The maximum atomic E-state index is 11.0. The van der Waals surface area contributed by atoms with Gasteiger partial charge in [-0.1, -0.05) is 12.1 Å². The molecular formula is C10H11NO2. The first-order chi connectivity index (χ1) is 6.09. The van der Waals surface area contributed by atoms with Gasteiger partial charge in [-0.15, -0.1) is 0 Å². The van der Waals surface area contributed by atoms with E-state index in [1.807, 2.05) is 0 Å².